The molecular weight excluding hydrogens is 192 g/mol. The van der Waals surface area contributed by atoms with Gasteiger partial charge in [0.1, 0.15) is 0 Å². The Morgan fingerprint density at radius 3 is 1.62 bits per heavy atom. The molecule has 16 heavy (non-hydrogen) atoms. The molecule has 0 atom stereocenters. The van der Waals surface area contributed by atoms with Crippen LogP contribution in [0.4, 0.5) is 0 Å². The minimum absolute atomic E-state index is 1.32. The van der Waals surface area contributed by atoms with Gasteiger partial charge in [0.15, 0.2) is 0 Å². The maximum Gasteiger partial charge on any atom is -0.0197 e. The van der Waals surface area contributed by atoms with E-state index < -0.39 is 0 Å². The van der Waals surface area contributed by atoms with Crippen molar-refractivity contribution in [1.29, 1.82) is 0 Å². The minimum atomic E-state index is 1.32. The van der Waals surface area contributed by atoms with Crippen LogP contribution in [0.25, 0.3) is 0 Å². The van der Waals surface area contributed by atoms with Gasteiger partial charge in [-0.15, -0.1) is 5.73 Å². The highest BCUT2D eigenvalue weighted by molar-refractivity contribution is 5.35. The van der Waals surface area contributed by atoms with E-state index in [9.17, 15) is 0 Å². The van der Waals surface area contributed by atoms with Crippen molar-refractivity contribution in [2.75, 3.05) is 0 Å². The summed E-state index contributed by atoms with van der Waals surface area (Å²) in [6.45, 7) is 6.28. The van der Waals surface area contributed by atoms with Crippen LogP contribution in [0, 0.1) is 6.92 Å². The Hall–Kier alpha value is -1.78. The monoisotopic (exact) mass is 210 g/mol. The molecule has 0 nitrogen and oxygen atoms in total. The normalized spacial score (nSPS) is 13.2. The second kappa shape index (κ2) is 6.66. The first kappa shape index (κ1) is 12.3. The molecule has 2 rings (SSSR count). The van der Waals surface area contributed by atoms with Gasteiger partial charge in [0, 0.05) is 0 Å². The van der Waals surface area contributed by atoms with Crippen molar-refractivity contribution in [1.82, 2.24) is 0 Å². The van der Waals surface area contributed by atoms with Crippen LogP contribution in [0.2, 0.25) is 0 Å². The van der Waals surface area contributed by atoms with Crippen molar-refractivity contribution >= 4 is 0 Å². The van der Waals surface area contributed by atoms with Gasteiger partial charge in [0.05, 0.1) is 0 Å². The van der Waals surface area contributed by atoms with Gasteiger partial charge in [0.2, 0.25) is 0 Å². The van der Waals surface area contributed by atoms with E-state index in [1.165, 1.54) is 16.7 Å². The molecular formula is C16H18. The van der Waals surface area contributed by atoms with E-state index in [0.29, 0.717) is 0 Å². The Labute approximate surface area is 98.3 Å². The van der Waals surface area contributed by atoms with Gasteiger partial charge in [0.25, 0.3) is 0 Å². The van der Waals surface area contributed by atoms with Crippen LogP contribution in [-0.4, -0.2) is 0 Å². The lowest BCUT2D eigenvalue weighted by Crippen LogP contribution is -1.74. The van der Waals surface area contributed by atoms with Crippen molar-refractivity contribution < 1.29 is 0 Å². The molecule has 0 bridgehead atoms. The van der Waals surface area contributed by atoms with Crippen molar-refractivity contribution in [3.05, 3.63) is 77.1 Å². The second-order valence-electron chi connectivity index (χ2n) is 3.85. The average molecular weight is 210 g/mol. The topological polar surface area (TPSA) is 0 Å². The van der Waals surface area contributed by atoms with Crippen molar-refractivity contribution in [2.45, 2.75) is 20.8 Å². The third kappa shape index (κ3) is 4.63. The summed E-state index contributed by atoms with van der Waals surface area (Å²) in [5.74, 6) is 0. The molecule has 0 N–H and O–H groups in total. The Kier molecular flexibility index (Phi) is 5.11. The molecule has 0 heterocycles. The van der Waals surface area contributed by atoms with E-state index in [4.69, 9.17) is 0 Å². The number of benzene rings is 1. The van der Waals surface area contributed by atoms with Gasteiger partial charge in [-0.1, -0.05) is 48.0 Å². The molecule has 0 amide bonds. The van der Waals surface area contributed by atoms with Crippen LogP contribution >= 0.6 is 0 Å². The fourth-order valence-electron chi connectivity index (χ4n) is 1.20. The number of hydrogen-bond acceptors (Lipinski definition) is 0. The molecule has 1 aliphatic rings. The molecule has 0 saturated heterocycles. The van der Waals surface area contributed by atoms with E-state index in [1.54, 1.807) is 0 Å². The summed E-state index contributed by atoms with van der Waals surface area (Å²) >= 11 is 0. The van der Waals surface area contributed by atoms with Crippen LogP contribution < -0.4 is 0 Å². The lowest BCUT2D eigenvalue weighted by Gasteiger charge is -1.94. The molecule has 1 aromatic carbocycles. The van der Waals surface area contributed by atoms with Gasteiger partial charge in [-0.25, -0.2) is 0 Å². The number of hydrogen-bond donors (Lipinski definition) is 0. The SMILES string of the molecule is CC1=CC=C=CC=C1C.Cc1ccccc1. The van der Waals surface area contributed by atoms with Gasteiger partial charge in [-0.05, 0) is 44.1 Å². The smallest absolute Gasteiger partial charge is 0.0197 e. The van der Waals surface area contributed by atoms with Crippen LogP contribution in [0.15, 0.2) is 71.5 Å². The molecule has 82 valence electrons. The summed E-state index contributed by atoms with van der Waals surface area (Å²) < 4.78 is 0. The fraction of sp³-hybridized carbons (Fsp3) is 0.188. The summed E-state index contributed by atoms with van der Waals surface area (Å²) in [4.78, 5) is 0. The summed E-state index contributed by atoms with van der Waals surface area (Å²) in [6.07, 6.45) is 8.00. The fourth-order valence-corrected chi connectivity index (χ4v) is 1.20. The maximum atomic E-state index is 3.01. The van der Waals surface area contributed by atoms with E-state index in [2.05, 4.69) is 50.8 Å². The van der Waals surface area contributed by atoms with Crippen LogP contribution in [0.1, 0.15) is 19.4 Å². The molecule has 0 heteroatoms. The van der Waals surface area contributed by atoms with Crippen molar-refractivity contribution in [3.63, 3.8) is 0 Å². The molecule has 0 radical (unpaired) electrons. The van der Waals surface area contributed by atoms with E-state index in [-0.39, 0.29) is 0 Å². The predicted molar refractivity (Wildman–Crippen MR) is 71.3 cm³/mol. The molecule has 0 fully saturated rings. The summed E-state index contributed by atoms with van der Waals surface area (Å²) in [7, 11) is 0. The van der Waals surface area contributed by atoms with E-state index in [1.807, 2.05) is 30.4 Å². The quantitative estimate of drug-likeness (QED) is 0.549. The lowest BCUT2D eigenvalue weighted by atomic mass is 10.1. The Morgan fingerprint density at radius 1 is 0.750 bits per heavy atom. The van der Waals surface area contributed by atoms with Crippen LogP contribution in [0.3, 0.4) is 0 Å². The van der Waals surface area contributed by atoms with Crippen molar-refractivity contribution in [3.8, 4) is 0 Å². The molecule has 0 aliphatic heterocycles. The van der Waals surface area contributed by atoms with Crippen LogP contribution in [0.5, 0.6) is 0 Å². The van der Waals surface area contributed by atoms with Gasteiger partial charge in [-0.3, -0.25) is 0 Å². The first-order valence-electron chi connectivity index (χ1n) is 5.48. The number of rotatable bonds is 0. The third-order valence-electron chi connectivity index (χ3n) is 2.42. The first-order valence-corrected chi connectivity index (χ1v) is 5.48. The summed E-state index contributed by atoms with van der Waals surface area (Å²) in [5, 5.41) is 0. The highest BCUT2D eigenvalue weighted by Gasteiger charge is 1.89. The Bertz CT molecular complexity index is 416. The van der Waals surface area contributed by atoms with E-state index in [0.717, 1.165) is 0 Å². The first-order chi connectivity index (χ1) is 7.70. The number of aryl methyl sites for hydroxylation is 1. The largest absolute Gasteiger partial charge is 0.121 e. The van der Waals surface area contributed by atoms with Crippen LogP contribution in [-0.2, 0) is 0 Å². The highest BCUT2D eigenvalue weighted by atomic mass is 13.9. The van der Waals surface area contributed by atoms with E-state index >= 15 is 0 Å². The second-order valence-corrected chi connectivity index (χ2v) is 3.85. The molecule has 0 unspecified atom stereocenters. The molecule has 0 aromatic heterocycles. The molecule has 0 saturated carbocycles. The molecule has 0 spiro atoms. The summed E-state index contributed by atoms with van der Waals surface area (Å²) in [5.41, 5.74) is 6.96. The minimum Gasteiger partial charge on any atom is -0.121 e. The standard InChI is InChI=1S/C9H10.C7H8/c1-8-6-4-3-5-7-9(8)2;1-7-5-3-2-4-6-7/h4-7H,1-2H3;2-6H,1H3. The summed E-state index contributed by atoms with van der Waals surface area (Å²) in [6, 6.07) is 10.3. The average Bonchev–Trinajstić information content (AvgIpc) is 2.47. The molecule has 1 aromatic rings. The Morgan fingerprint density at radius 2 is 1.25 bits per heavy atom. The molecule has 1 aliphatic carbocycles. The zero-order valence-corrected chi connectivity index (χ0v) is 10.2. The highest BCUT2D eigenvalue weighted by Crippen LogP contribution is 2.09. The van der Waals surface area contributed by atoms with Gasteiger partial charge < -0.3 is 0 Å². The zero-order valence-electron chi connectivity index (χ0n) is 10.2. The third-order valence-corrected chi connectivity index (χ3v) is 2.42. The number of allylic oxidation sites excluding steroid dienone is 5. The van der Waals surface area contributed by atoms with Crippen molar-refractivity contribution in [2.24, 2.45) is 0 Å². The lowest BCUT2D eigenvalue weighted by molar-refractivity contribution is 1.35. The zero-order chi connectivity index (χ0) is 11.8. The maximum absolute atomic E-state index is 3.01. The Balaban J connectivity index is 0.000000165. The van der Waals surface area contributed by atoms with Gasteiger partial charge in [-0.2, -0.15) is 0 Å². The van der Waals surface area contributed by atoms with Gasteiger partial charge >= 0.3 is 0 Å². The predicted octanol–water partition coefficient (Wildman–Crippen LogP) is 4.60.